The Morgan fingerprint density at radius 1 is 1.11 bits per heavy atom. The number of hydrogen-bond acceptors (Lipinski definition) is 4. The molecule has 27 heavy (non-hydrogen) atoms. The van der Waals surface area contributed by atoms with E-state index in [0.717, 1.165) is 23.8 Å². The maximum atomic E-state index is 13.5. The van der Waals surface area contributed by atoms with E-state index in [0.29, 0.717) is 5.75 Å². The lowest BCUT2D eigenvalue weighted by Gasteiger charge is -2.23. The van der Waals surface area contributed by atoms with Crippen molar-refractivity contribution in [2.75, 3.05) is 19.0 Å². The van der Waals surface area contributed by atoms with E-state index in [1.54, 1.807) is 31.4 Å². The van der Waals surface area contributed by atoms with E-state index in [1.165, 1.54) is 6.92 Å². The maximum Gasteiger partial charge on any atom is 0.313 e. The van der Waals surface area contributed by atoms with Crippen LogP contribution in [0.25, 0.3) is 0 Å². The Balaban J connectivity index is 1.90. The minimum atomic E-state index is -1.32. The molecule has 2 aromatic rings. The van der Waals surface area contributed by atoms with Crippen LogP contribution in [0.2, 0.25) is 0 Å². The molecule has 0 aliphatic heterocycles. The van der Waals surface area contributed by atoms with Crippen molar-refractivity contribution in [2.24, 2.45) is 0 Å². The average Bonchev–Trinajstić information content (AvgIpc) is 2.63. The van der Waals surface area contributed by atoms with Gasteiger partial charge in [0.25, 0.3) is 0 Å². The van der Waals surface area contributed by atoms with Crippen molar-refractivity contribution >= 4 is 17.5 Å². The van der Waals surface area contributed by atoms with Crippen LogP contribution in [0.5, 0.6) is 5.75 Å². The van der Waals surface area contributed by atoms with Gasteiger partial charge in [0.05, 0.1) is 18.4 Å². The number of nitrogens with one attached hydrogen (secondary N) is 2. The van der Waals surface area contributed by atoms with Gasteiger partial charge in [0.15, 0.2) is 0 Å². The highest BCUT2D eigenvalue weighted by atomic mass is 19.1. The van der Waals surface area contributed by atoms with E-state index in [-0.39, 0.29) is 13.0 Å². The molecule has 6 nitrogen and oxygen atoms in total. The summed E-state index contributed by atoms with van der Waals surface area (Å²) in [7, 11) is 1.54. The van der Waals surface area contributed by atoms with Crippen LogP contribution < -0.4 is 15.4 Å². The molecule has 144 valence electrons. The molecule has 0 heterocycles. The summed E-state index contributed by atoms with van der Waals surface area (Å²) in [6.07, 6.45) is 0.220. The molecule has 1 atom stereocenters. The summed E-state index contributed by atoms with van der Waals surface area (Å²) >= 11 is 0. The molecule has 2 rings (SSSR count). The molecule has 0 aliphatic rings. The van der Waals surface area contributed by atoms with Gasteiger partial charge in [-0.15, -0.1) is 0 Å². The van der Waals surface area contributed by atoms with Gasteiger partial charge in [0.1, 0.15) is 17.4 Å². The second-order valence-electron chi connectivity index (χ2n) is 6.28. The number of benzene rings is 2. The van der Waals surface area contributed by atoms with Crippen LogP contribution in [0.3, 0.4) is 0 Å². The van der Waals surface area contributed by atoms with E-state index in [1.807, 2.05) is 5.32 Å². The van der Waals surface area contributed by atoms with Gasteiger partial charge in [-0.2, -0.15) is 0 Å². The fraction of sp³-hybridized carbons (Fsp3) is 0.263. The largest absolute Gasteiger partial charge is 0.497 e. The second-order valence-corrected chi connectivity index (χ2v) is 6.28. The van der Waals surface area contributed by atoms with Crippen molar-refractivity contribution in [2.45, 2.75) is 18.9 Å². The molecular formula is C19H20F2N2O4. The molecule has 0 spiro atoms. The van der Waals surface area contributed by atoms with E-state index in [4.69, 9.17) is 4.74 Å². The summed E-state index contributed by atoms with van der Waals surface area (Å²) in [5.74, 6) is -3.19. The molecule has 8 heteroatoms. The lowest BCUT2D eigenvalue weighted by Crippen LogP contribution is -2.45. The fourth-order valence-corrected chi connectivity index (χ4v) is 2.37. The first-order valence-electron chi connectivity index (χ1n) is 8.10. The third-order valence-electron chi connectivity index (χ3n) is 3.76. The van der Waals surface area contributed by atoms with Gasteiger partial charge >= 0.3 is 11.8 Å². The van der Waals surface area contributed by atoms with Crippen LogP contribution in [-0.4, -0.2) is 36.2 Å². The Morgan fingerprint density at radius 3 is 2.41 bits per heavy atom. The van der Waals surface area contributed by atoms with Gasteiger partial charge in [-0.1, -0.05) is 12.1 Å². The molecule has 0 unspecified atom stereocenters. The summed E-state index contributed by atoms with van der Waals surface area (Å²) in [6, 6.07) is 9.52. The monoisotopic (exact) mass is 378 g/mol. The molecule has 2 amide bonds. The average molecular weight is 378 g/mol. The summed E-state index contributed by atoms with van der Waals surface area (Å²) < 4.78 is 31.7. The molecule has 0 radical (unpaired) electrons. The highest BCUT2D eigenvalue weighted by Crippen LogP contribution is 2.17. The number of rotatable bonds is 6. The summed E-state index contributed by atoms with van der Waals surface area (Å²) in [6.45, 7) is 1.29. The standard InChI is InChI=1S/C19H20F2N2O4/c1-19(26,10-12-3-6-14(27-2)7-4-12)11-22-17(24)18(25)23-16-9-13(20)5-8-15(16)21/h3-9,26H,10-11H2,1-2H3,(H,22,24)(H,23,25)/t19-/m0/s1. The number of anilines is 1. The Bertz CT molecular complexity index is 823. The van der Waals surface area contributed by atoms with Crippen molar-refractivity contribution < 1.29 is 28.2 Å². The third kappa shape index (κ3) is 6.03. The number of amides is 2. The Hall–Kier alpha value is -3.00. The number of aliphatic hydroxyl groups is 1. The number of carbonyl (C=O) groups excluding carboxylic acids is 2. The lowest BCUT2D eigenvalue weighted by atomic mass is 9.96. The van der Waals surface area contributed by atoms with Gasteiger partial charge < -0.3 is 20.5 Å². The molecular weight excluding hydrogens is 358 g/mol. The van der Waals surface area contributed by atoms with E-state index in [9.17, 15) is 23.5 Å². The number of carbonyl (C=O) groups is 2. The molecule has 0 saturated heterocycles. The Kier molecular flexibility index (Phi) is 6.46. The molecule has 0 aliphatic carbocycles. The zero-order chi connectivity index (χ0) is 20.0. The quantitative estimate of drug-likeness (QED) is 0.671. The maximum absolute atomic E-state index is 13.5. The predicted molar refractivity (Wildman–Crippen MR) is 95.3 cm³/mol. The van der Waals surface area contributed by atoms with Crippen molar-refractivity contribution in [3.05, 3.63) is 59.7 Å². The van der Waals surface area contributed by atoms with Crippen molar-refractivity contribution in [1.82, 2.24) is 5.32 Å². The van der Waals surface area contributed by atoms with E-state index in [2.05, 4.69) is 5.32 Å². The van der Waals surface area contributed by atoms with Crippen LogP contribution in [0.15, 0.2) is 42.5 Å². The minimum absolute atomic E-state index is 0.211. The van der Waals surface area contributed by atoms with Gasteiger partial charge in [-0.05, 0) is 36.8 Å². The molecule has 3 N–H and O–H groups in total. The number of hydrogen-bond donors (Lipinski definition) is 3. The zero-order valence-electron chi connectivity index (χ0n) is 14.9. The van der Waals surface area contributed by atoms with E-state index < -0.39 is 34.7 Å². The van der Waals surface area contributed by atoms with E-state index >= 15 is 0 Å². The van der Waals surface area contributed by atoms with Gasteiger partial charge in [0, 0.05) is 19.0 Å². The molecule has 0 bridgehead atoms. The predicted octanol–water partition coefficient (Wildman–Crippen LogP) is 2.02. The smallest absolute Gasteiger partial charge is 0.313 e. The van der Waals surface area contributed by atoms with Crippen LogP contribution in [0.1, 0.15) is 12.5 Å². The van der Waals surface area contributed by atoms with Crippen LogP contribution in [0, 0.1) is 11.6 Å². The lowest BCUT2D eigenvalue weighted by molar-refractivity contribution is -0.136. The molecule has 0 fully saturated rings. The van der Waals surface area contributed by atoms with Crippen molar-refractivity contribution in [1.29, 1.82) is 0 Å². The van der Waals surface area contributed by atoms with Crippen LogP contribution in [0.4, 0.5) is 14.5 Å². The SMILES string of the molecule is COc1ccc(C[C@](C)(O)CNC(=O)C(=O)Nc2cc(F)ccc2F)cc1. The first-order valence-corrected chi connectivity index (χ1v) is 8.10. The highest BCUT2D eigenvalue weighted by molar-refractivity contribution is 6.39. The van der Waals surface area contributed by atoms with Crippen molar-refractivity contribution in [3.8, 4) is 5.75 Å². The molecule has 0 saturated carbocycles. The van der Waals surface area contributed by atoms with Gasteiger partial charge in [-0.25, -0.2) is 8.78 Å². The number of methoxy groups -OCH3 is 1. The zero-order valence-corrected chi connectivity index (χ0v) is 14.9. The topological polar surface area (TPSA) is 87.7 Å². The van der Waals surface area contributed by atoms with Crippen LogP contribution in [-0.2, 0) is 16.0 Å². The highest BCUT2D eigenvalue weighted by Gasteiger charge is 2.24. The molecule has 2 aromatic carbocycles. The number of ether oxygens (including phenoxy) is 1. The number of halogens is 2. The minimum Gasteiger partial charge on any atom is -0.497 e. The van der Waals surface area contributed by atoms with Crippen LogP contribution >= 0.6 is 0 Å². The van der Waals surface area contributed by atoms with Gasteiger partial charge in [-0.3, -0.25) is 9.59 Å². The Labute approximate surface area is 155 Å². The fourth-order valence-electron chi connectivity index (χ4n) is 2.37. The first kappa shape index (κ1) is 20.3. The Morgan fingerprint density at radius 2 is 1.78 bits per heavy atom. The first-order chi connectivity index (χ1) is 12.7. The third-order valence-corrected chi connectivity index (χ3v) is 3.76. The van der Waals surface area contributed by atoms with Gasteiger partial charge in [0.2, 0.25) is 0 Å². The summed E-state index contributed by atoms with van der Waals surface area (Å²) in [4.78, 5) is 23.7. The molecule has 0 aromatic heterocycles. The summed E-state index contributed by atoms with van der Waals surface area (Å²) in [5, 5.41) is 14.7. The summed E-state index contributed by atoms with van der Waals surface area (Å²) in [5.41, 5.74) is -0.962. The second kappa shape index (κ2) is 8.59. The van der Waals surface area contributed by atoms with Crippen molar-refractivity contribution in [3.63, 3.8) is 0 Å². The normalized spacial score (nSPS) is 12.8.